The quantitative estimate of drug-likeness (QED) is 0.368. The number of aryl methyl sites for hydroxylation is 1. The summed E-state index contributed by atoms with van der Waals surface area (Å²) in [5.41, 5.74) is 3.38. The molecule has 0 spiro atoms. The van der Waals surface area contributed by atoms with Crippen LogP contribution in [0, 0.1) is 6.92 Å². The van der Waals surface area contributed by atoms with Gasteiger partial charge >= 0.3 is 0 Å². The highest BCUT2D eigenvalue weighted by Gasteiger charge is 2.50. The summed E-state index contributed by atoms with van der Waals surface area (Å²) in [5, 5.41) is 23.7. The van der Waals surface area contributed by atoms with Crippen LogP contribution >= 0.6 is 0 Å². The third kappa shape index (κ3) is 6.27. The first-order valence-electron chi connectivity index (χ1n) is 13.8. The van der Waals surface area contributed by atoms with Crippen LogP contribution in [0.4, 0.5) is 0 Å². The SMILES string of the molecule is CCCCCCCC(=O)N(Cc1ccc(C)cc1)[C@@H]1C=C(C(=O)NCCO)[C@@H]2c3ccccc3O[C@@H]2[C@H]1O. The number of hydrogen-bond acceptors (Lipinski definition) is 5. The molecule has 2 aromatic carbocycles. The largest absolute Gasteiger partial charge is 0.486 e. The zero-order valence-corrected chi connectivity index (χ0v) is 22.4. The molecule has 0 unspecified atom stereocenters. The number of aliphatic hydroxyl groups is 2. The number of ether oxygens (including phenoxy) is 1. The highest BCUT2D eigenvalue weighted by Crippen LogP contribution is 2.47. The van der Waals surface area contributed by atoms with Gasteiger partial charge in [-0.05, 0) is 31.1 Å². The summed E-state index contributed by atoms with van der Waals surface area (Å²) < 4.78 is 6.20. The van der Waals surface area contributed by atoms with E-state index < -0.39 is 24.2 Å². The van der Waals surface area contributed by atoms with Crippen LogP contribution in [0.1, 0.15) is 68.1 Å². The number of carbonyl (C=O) groups is 2. The van der Waals surface area contributed by atoms with Crippen LogP contribution in [0.5, 0.6) is 5.75 Å². The molecule has 0 fully saturated rings. The Hall–Kier alpha value is -3.16. The first-order chi connectivity index (χ1) is 18.4. The highest BCUT2D eigenvalue weighted by atomic mass is 16.5. The molecule has 38 heavy (non-hydrogen) atoms. The normalized spacial score (nSPS) is 21.6. The van der Waals surface area contributed by atoms with Gasteiger partial charge in [-0.15, -0.1) is 0 Å². The molecule has 1 heterocycles. The minimum Gasteiger partial charge on any atom is -0.486 e. The van der Waals surface area contributed by atoms with Gasteiger partial charge in [0.1, 0.15) is 18.0 Å². The third-order valence-electron chi connectivity index (χ3n) is 7.53. The Labute approximate surface area is 225 Å². The molecule has 3 N–H and O–H groups in total. The Morgan fingerprint density at radius 1 is 1.03 bits per heavy atom. The van der Waals surface area contributed by atoms with Crippen LogP contribution < -0.4 is 10.1 Å². The van der Waals surface area contributed by atoms with E-state index in [0.717, 1.165) is 48.8 Å². The molecule has 1 aliphatic heterocycles. The second-order valence-corrected chi connectivity index (χ2v) is 10.4. The first-order valence-corrected chi connectivity index (χ1v) is 13.8. The number of unbranched alkanes of at least 4 members (excludes halogenated alkanes) is 4. The maximum absolute atomic E-state index is 13.7. The van der Waals surface area contributed by atoms with Crippen molar-refractivity contribution < 1.29 is 24.5 Å². The molecular weight excluding hydrogens is 480 g/mol. The van der Waals surface area contributed by atoms with Crippen molar-refractivity contribution >= 4 is 11.8 Å². The summed E-state index contributed by atoms with van der Waals surface area (Å²) >= 11 is 0. The fourth-order valence-electron chi connectivity index (χ4n) is 5.46. The number of aliphatic hydroxyl groups excluding tert-OH is 2. The van der Waals surface area contributed by atoms with Crippen LogP contribution in [-0.2, 0) is 16.1 Å². The van der Waals surface area contributed by atoms with Crippen LogP contribution in [-0.4, -0.2) is 58.3 Å². The van der Waals surface area contributed by atoms with Crippen molar-refractivity contribution in [3.63, 3.8) is 0 Å². The second-order valence-electron chi connectivity index (χ2n) is 10.4. The Balaban J connectivity index is 1.67. The van der Waals surface area contributed by atoms with Gasteiger partial charge < -0.3 is 25.2 Å². The Bertz CT molecular complexity index is 1130. The zero-order chi connectivity index (χ0) is 27.1. The van der Waals surface area contributed by atoms with Crippen molar-refractivity contribution in [1.29, 1.82) is 0 Å². The summed E-state index contributed by atoms with van der Waals surface area (Å²) in [5.74, 6) is -0.197. The van der Waals surface area contributed by atoms with Crippen LogP contribution in [0.2, 0.25) is 0 Å². The molecule has 7 heteroatoms. The van der Waals surface area contributed by atoms with E-state index in [4.69, 9.17) is 4.74 Å². The van der Waals surface area contributed by atoms with Crippen molar-refractivity contribution in [2.45, 2.75) is 83.1 Å². The van der Waals surface area contributed by atoms with E-state index in [-0.39, 0.29) is 25.0 Å². The van der Waals surface area contributed by atoms with Crippen molar-refractivity contribution in [1.82, 2.24) is 10.2 Å². The van der Waals surface area contributed by atoms with Crippen LogP contribution in [0.15, 0.2) is 60.2 Å². The lowest BCUT2D eigenvalue weighted by Gasteiger charge is -2.41. The van der Waals surface area contributed by atoms with E-state index in [0.29, 0.717) is 24.3 Å². The maximum atomic E-state index is 13.7. The van der Waals surface area contributed by atoms with E-state index in [2.05, 4.69) is 12.2 Å². The molecule has 2 aliphatic rings. The standard InChI is InChI=1S/C31H40N2O5/c1-3-4-5-6-7-12-27(35)33(20-22-15-13-21(2)14-16-22)25-19-24(31(37)32-17-18-34)28-23-10-8-9-11-26(23)38-30(28)29(25)36/h8-11,13-16,19,25,28-30,34,36H,3-7,12,17-18,20H2,1-2H3,(H,32,37)/t25-,28+,29+,30+/m1/s1. The smallest absolute Gasteiger partial charge is 0.247 e. The van der Waals surface area contributed by atoms with Crippen molar-refractivity contribution in [2.75, 3.05) is 13.2 Å². The minimum atomic E-state index is -1.02. The third-order valence-corrected chi connectivity index (χ3v) is 7.53. The minimum absolute atomic E-state index is 0.0496. The summed E-state index contributed by atoms with van der Waals surface area (Å²) in [7, 11) is 0. The fraction of sp³-hybridized carbons (Fsp3) is 0.484. The highest BCUT2D eigenvalue weighted by molar-refractivity contribution is 5.96. The van der Waals surface area contributed by atoms with Gasteiger partial charge in [-0.2, -0.15) is 0 Å². The van der Waals surface area contributed by atoms with Gasteiger partial charge in [-0.3, -0.25) is 9.59 Å². The number of benzene rings is 2. The van der Waals surface area contributed by atoms with Gasteiger partial charge in [0, 0.05) is 30.6 Å². The van der Waals surface area contributed by atoms with Crippen molar-refractivity contribution in [3.05, 3.63) is 76.9 Å². The number of nitrogens with one attached hydrogen (secondary N) is 1. The number of rotatable bonds is 12. The lowest BCUT2D eigenvalue weighted by molar-refractivity contribution is -0.138. The molecule has 0 aromatic heterocycles. The van der Waals surface area contributed by atoms with E-state index in [1.165, 1.54) is 0 Å². The fourth-order valence-corrected chi connectivity index (χ4v) is 5.46. The van der Waals surface area contributed by atoms with Crippen LogP contribution in [0.25, 0.3) is 0 Å². The van der Waals surface area contributed by atoms with Crippen LogP contribution in [0.3, 0.4) is 0 Å². The molecule has 2 amide bonds. The van der Waals surface area contributed by atoms with Gasteiger partial charge in [0.15, 0.2) is 0 Å². The Kier molecular flexibility index (Phi) is 9.58. The summed E-state index contributed by atoms with van der Waals surface area (Å²) in [6.45, 7) is 4.44. The average Bonchev–Trinajstić information content (AvgIpc) is 3.32. The maximum Gasteiger partial charge on any atom is 0.247 e. The topological polar surface area (TPSA) is 99.1 Å². The molecule has 1 aliphatic carbocycles. The van der Waals surface area contributed by atoms with Crippen molar-refractivity contribution in [3.8, 4) is 5.75 Å². The molecule has 0 saturated carbocycles. The number of nitrogens with zero attached hydrogens (tertiary/aromatic N) is 1. The molecule has 2 aromatic rings. The average molecular weight is 521 g/mol. The van der Waals surface area contributed by atoms with Gasteiger partial charge in [0.25, 0.3) is 0 Å². The van der Waals surface area contributed by atoms with E-state index in [9.17, 15) is 19.8 Å². The Morgan fingerprint density at radius 2 is 1.76 bits per heavy atom. The molecular formula is C31H40N2O5. The molecule has 7 nitrogen and oxygen atoms in total. The van der Waals surface area contributed by atoms with Crippen molar-refractivity contribution in [2.24, 2.45) is 0 Å². The summed E-state index contributed by atoms with van der Waals surface area (Å²) in [6.07, 6.45) is 5.57. The Morgan fingerprint density at radius 3 is 2.50 bits per heavy atom. The predicted molar refractivity (Wildman–Crippen MR) is 147 cm³/mol. The van der Waals surface area contributed by atoms with Gasteiger partial charge in [-0.25, -0.2) is 0 Å². The monoisotopic (exact) mass is 520 g/mol. The van der Waals surface area contributed by atoms with Gasteiger partial charge in [-0.1, -0.05) is 80.6 Å². The summed E-state index contributed by atoms with van der Waals surface area (Å²) in [4.78, 5) is 28.7. The van der Waals surface area contributed by atoms with Gasteiger partial charge in [0.2, 0.25) is 11.8 Å². The first kappa shape index (κ1) is 27.9. The number of hydrogen-bond donors (Lipinski definition) is 3. The summed E-state index contributed by atoms with van der Waals surface area (Å²) in [6, 6.07) is 14.8. The predicted octanol–water partition coefficient (Wildman–Crippen LogP) is 4.01. The number of carbonyl (C=O) groups excluding carboxylic acids is 2. The lowest BCUT2D eigenvalue weighted by atomic mass is 9.77. The molecule has 4 atom stereocenters. The van der Waals surface area contributed by atoms with E-state index >= 15 is 0 Å². The molecule has 204 valence electrons. The lowest BCUT2D eigenvalue weighted by Crippen LogP contribution is -2.55. The molecule has 0 radical (unpaired) electrons. The second kappa shape index (κ2) is 13.1. The number of amides is 2. The van der Waals surface area contributed by atoms with Gasteiger partial charge in [0.05, 0.1) is 18.6 Å². The zero-order valence-electron chi connectivity index (χ0n) is 22.4. The van der Waals surface area contributed by atoms with E-state index in [1.54, 1.807) is 11.0 Å². The molecule has 0 saturated heterocycles. The number of fused-ring (bicyclic) bond motifs is 3. The molecule has 0 bridgehead atoms. The van der Waals surface area contributed by atoms with E-state index in [1.807, 2.05) is 55.5 Å². The number of para-hydroxylation sites is 1. The molecule has 4 rings (SSSR count).